The first-order chi connectivity index (χ1) is 9.74. The van der Waals surface area contributed by atoms with Crippen LogP contribution in [-0.2, 0) is 25.6 Å². The average Bonchev–Trinajstić information content (AvgIpc) is 2.46. The zero-order valence-electron chi connectivity index (χ0n) is 12.5. The second-order valence-electron chi connectivity index (χ2n) is 4.73. The molecule has 112 valence electrons. The summed E-state index contributed by atoms with van der Waals surface area (Å²) in [7, 11) is 1.59. The van der Waals surface area contributed by atoms with E-state index in [4.69, 9.17) is 18.9 Å². The highest BCUT2D eigenvalue weighted by molar-refractivity contribution is 5.13. The molecule has 1 aromatic carbocycles. The van der Waals surface area contributed by atoms with Crippen molar-refractivity contribution in [2.75, 3.05) is 20.7 Å². The highest BCUT2D eigenvalue weighted by Crippen LogP contribution is 2.09. The minimum absolute atomic E-state index is 0.0392. The lowest BCUT2D eigenvalue weighted by Crippen LogP contribution is -2.19. The molecule has 0 aliphatic carbocycles. The van der Waals surface area contributed by atoms with Gasteiger partial charge < -0.3 is 18.9 Å². The summed E-state index contributed by atoms with van der Waals surface area (Å²) < 4.78 is 21.1. The summed E-state index contributed by atoms with van der Waals surface area (Å²) in [6.45, 7) is 5.22. The Morgan fingerprint density at radius 1 is 1.10 bits per heavy atom. The molecule has 20 heavy (non-hydrogen) atoms. The van der Waals surface area contributed by atoms with E-state index in [1.807, 2.05) is 36.4 Å². The molecule has 0 heterocycles. The van der Waals surface area contributed by atoms with Gasteiger partial charge in [0.25, 0.3) is 0 Å². The van der Waals surface area contributed by atoms with Gasteiger partial charge in [-0.25, -0.2) is 0 Å². The van der Waals surface area contributed by atoms with Crippen LogP contribution in [0.3, 0.4) is 0 Å². The third-order valence-electron chi connectivity index (χ3n) is 2.66. The van der Waals surface area contributed by atoms with Crippen LogP contribution in [0.5, 0.6) is 0 Å². The van der Waals surface area contributed by atoms with Gasteiger partial charge in [-0.1, -0.05) is 44.2 Å². The van der Waals surface area contributed by atoms with Crippen molar-refractivity contribution in [3.63, 3.8) is 0 Å². The second kappa shape index (κ2) is 10.4. The summed E-state index contributed by atoms with van der Waals surface area (Å²) in [6, 6.07) is 10.0. The molecule has 0 aromatic heterocycles. The zero-order valence-corrected chi connectivity index (χ0v) is 12.5. The van der Waals surface area contributed by atoms with E-state index in [0.717, 1.165) is 5.56 Å². The number of rotatable bonds is 10. The zero-order chi connectivity index (χ0) is 14.6. The van der Waals surface area contributed by atoms with E-state index in [1.165, 1.54) is 0 Å². The van der Waals surface area contributed by atoms with Gasteiger partial charge in [-0.15, -0.1) is 0 Å². The van der Waals surface area contributed by atoms with Gasteiger partial charge >= 0.3 is 0 Å². The van der Waals surface area contributed by atoms with E-state index in [1.54, 1.807) is 13.4 Å². The molecule has 0 saturated heterocycles. The molecule has 0 amide bonds. The van der Waals surface area contributed by atoms with Crippen LogP contribution in [0.1, 0.15) is 19.4 Å². The summed E-state index contributed by atoms with van der Waals surface area (Å²) >= 11 is 0. The topological polar surface area (TPSA) is 36.9 Å². The molecule has 0 fully saturated rings. The SMILES string of the molecule is COCO/C=C\C(OCOCc1ccccc1)C(C)C. The third-order valence-corrected chi connectivity index (χ3v) is 2.66. The monoisotopic (exact) mass is 280 g/mol. The van der Waals surface area contributed by atoms with Crippen molar-refractivity contribution >= 4 is 0 Å². The van der Waals surface area contributed by atoms with Crippen molar-refractivity contribution in [1.82, 2.24) is 0 Å². The quantitative estimate of drug-likeness (QED) is 0.374. The molecule has 0 aliphatic rings. The first kappa shape index (κ1) is 16.7. The highest BCUT2D eigenvalue weighted by Gasteiger charge is 2.10. The van der Waals surface area contributed by atoms with Gasteiger partial charge in [0, 0.05) is 7.11 Å². The molecule has 4 heteroatoms. The van der Waals surface area contributed by atoms with Crippen molar-refractivity contribution < 1.29 is 18.9 Å². The number of hydrogen-bond acceptors (Lipinski definition) is 4. The van der Waals surface area contributed by atoms with Crippen LogP contribution in [0.2, 0.25) is 0 Å². The van der Waals surface area contributed by atoms with E-state index < -0.39 is 0 Å². The van der Waals surface area contributed by atoms with Gasteiger partial charge in [0.2, 0.25) is 0 Å². The maximum atomic E-state index is 5.68. The Balaban J connectivity index is 2.23. The normalized spacial score (nSPS) is 13.0. The van der Waals surface area contributed by atoms with Crippen molar-refractivity contribution in [2.24, 2.45) is 5.92 Å². The maximum absolute atomic E-state index is 5.68. The lowest BCUT2D eigenvalue weighted by atomic mass is 10.1. The molecule has 0 saturated carbocycles. The molecule has 1 atom stereocenters. The fraction of sp³-hybridized carbons (Fsp3) is 0.500. The van der Waals surface area contributed by atoms with Crippen LogP contribution >= 0.6 is 0 Å². The largest absolute Gasteiger partial charge is 0.475 e. The van der Waals surface area contributed by atoms with Crippen molar-refractivity contribution in [3.05, 3.63) is 48.2 Å². The predicted molar refractivity (Wildman–Crippen MR) is 77.9 cm³/mol. The summed E-state index contributed by atoms with van der Waals surface area (Å²) in [4.78, 5) is 0. The number of benzene rings is 1. The number of ether oxygens (including phenoxy) is 4. The van der Waals surface area contributed by atoms with Crippen LogP contribution in [0.4, 0.5) is 0 Å². The first-order valence-electron chi connectivity index (χ1n) is 6.74. The van der Waals surface area contributed by atoms with E-state index >= 15 is 0 Å². The molecular weight excluding hydrogens is 256 g/mol. The summed E-state index contributed by atoms with van der Waals surface area (Å²) in [5, 5.41) is 0. The Hall–Kier alpha value is -1.36. The van der Waals surface area contributed by atoms with Crippen molar-refractivity contribution in [1.29, 1.82) is 0 Å². The van der Waals surface area contributed by atoms with Gasteiger partial charge in [-0.3, -0.25) is 0 Å². The Kier molecular flexibility index (Phi) is 8.71. The molecule has 0 bridgehead atoms. The van der Waals surface area contributed by atoms with Crippen molar-refractivity contribution in [3.8, 4) is 0 Å². The molecule has 4 nitrogen and oxygen atoms in total. The van der Waals surface area contributed by atoms with Crippen LogP contribution < -0.4 is 0 Å². The van der Waals surface area contributed by atoms with E-state index in [9.17, 15) is 0 Å². The Morgan fingerprint density at radius 3 is 2.50 bits per heavy atom. The molecule has 0 radical (unpaired) electrons. The minimum Gasteiger partial charge on any atom is -0.475 e. The Bertz CT molecular complexity index is 362. The number of methoxy groups -OCH3 is 1. The Morgan fingerprint density at radius 2 is 1.85 bits per heavy atom. The second-order valence-corrected chi connectivity index (χ2v) is 4.73. The minimum atomic E-state index is -0.0392. The van der Waals surface area contributed by atoms with Gasteiger partial charge in [0.05, 0.1) is 19.0 Å². The number of hydrogen-bond donors (Lipinski definition) is 0. The average molecular weight is 280 g/mol. The molecule has 1 unspecified atom stereocenters. The van der Waals surface area contributed by atoms with Gasteiger partial charge in [0.1, 0.15) is 6.79 Å². The van der Waals surface area contributed by atoms with E-state index in [0.29, 0.717) is 12.5 Å². The van der Waals surface area contributed by atoms with Gasteiger partial charge in [-0.2, -0.15) is 0 Å². The summed E-state index contributed by atoms with van der Waals surface area (Å²) in [5.41, 5.74) is 1.14. The summed E-state index contributed by atoms with van der Waals surface area (Å²) in [5.74, 6) is 0.345. The van der Waals surface area contributed by atoms with E-state index in [2.05, 4.69) is 13.8 Å². The molecule has 0 spiro atoms. The molecular formula is C16H24O4. The fourth-order valence-corrected chi connectivity index (χ4v) is 1.57. The fourth-order valence-electron chi connectivity index (χ4n) is 1.57. The van der Waals surface area contributed by atoms with Crippen LogP contribution in [-0.4, -0.2) is 26.8 Å². The van der Waals surface area contributed by atoms with Crippen LogP contribution in [0.25, 0.3) is 0 Å². The maximum Gasteiger partial charge on any atom is 0.187 e. The van der Waals surface area contributed by atoms with Crippen LogP contribution in [0, 0.1) is 5.92 Å². The smallest absolute Gasteiger partial charge is 0.187 e. The predicted octanol–water partition coefficient (Wildman–Crippen LogP) is 3.34. The van der Waals surface area contributed by atoms with Crippen LogP contribution in [0.15, 0.2) is 42.7 Å². The van der Waals surface area contributed by atoms with E-state index in [-0.39, 0.29) is 19.7 Å². The summed E-state index contributed by atoms with van der Waals surface area (Å²) in [6.07, 6.45) is 3.43. The van der Waals surface area contributed by atoms with Crippen molar-refractivity contribution in [2.45, 2.75) is 26.6 Å². The molecule has 1 aromatic rings. The lowest BCUT2D eigenvalue weighted by Gasteiger charge is -2.17. The molecule has 1 rings (SSSR count). The standard InChI is InChI=1S/C16H24O4/c1-14(2)16(9-10-18-12-17-3)20-13-19-11-15-7-5-4-6-8-15/h4-10,14,16H,11-13H2,1-3H3/b10-9-. The van der Waals surface area contributed by atoms with Gasteiger partial charge in [0.15, 0.2) is 6.79 Å². The third kappa shape index (κ3) is 7.28. The highest BCUT2D eigenvalue weighted by atomic mass is 16.7. The first-order valence-corrected chi connectivity index (χ1v) is 6.74. The molecule has 0 N–H and O–H groups in total. The van der Waals surface area contributed by atoms with Gasteiger partial charge in [-0.05, 0) is 17.6 Å². The lowest BCUT2D eigenvalue weighted by molar-refractivity contribution is -0.0939. The molecule has 0 aliphatic heterocycles. The Labute approximate surface area is 121 Å².